The van der Waals surface area contributed by atoms with Crippen LogP contribution >= 0.6 is 11.3 Å². The number of esters is 1. The molecule has 1 saturated heterocycles. The molecule has 7 nitrogen and oxygen atoms in total. The molecule has 3 rings (SSSR count). The molecule has 1 aliphatic heterocycles. The quantitative estimate of drug-likeness (QED) is 0.688. The summed E-state index contributed by atoms with van der Waals surface area (Å²) in [5.41, 5.74) is 8.09. The number of nitrogens with zero attached hydrogens (tertiary/aromatic N) is 2. The third kappa shape index (κ3) is 4.16. The van der Waals surface area contributed by atoms with E-state index in [4.69, 9.17) is 19.9 Å². The number of hydrogen-bond acceptors (Lipinski definition) is 8. The van der Waals surface area contributed by atoms with Gasteiger partial charge < -0.3 is 19.9 Å². The smallest absolute Gasteiger partial charge is 0.348 e. The summed E-state index contributed by atoms with van der Waals surface area (Å²) >= 11 is 1.12. The van der Waals surface area contributed by atoms with Gasteiger partial charge in [-0.2, -0.15) is 5.26 Å². The lowest BCUT2D eigenvalue weighted by molar-refractivity contribution is 0.0529. The highest BCUT2D eigenvalue weighted by Gasteiger charge is 2.32. The summed E-state index contributed by atoms with van der Waals surface area (Å²) in [6.07, 6.45) is 1.97. The standard InChI is InChI=1S/C21H25N3O4S/c1-4-28-21(25)19-16(15(11-22)20(23)29-19)12-24-9-5-6-17(24)14-8-7-13(26-2)10-18(14)27-3/h7-8,10,17H,4-6,9,12,23H2,1-3H3/t17-/m0/s1. The van der Waals surface area contributed by atoms with Crippen LogP contribution in [0.2, 0.25) is 0 Å². The van der Waals surface area contributed by atoms with Crippen molar-refractivity contribution in [1.29, 1.82) is 5.26 Å². The SMILES string of the molecule is CCOC(=O)c1sc(N)c(C#N)c1CN1CCC[C@H]1c1ccc(OC)cc1OC. The minimum Gasteiger partial charge on any atom is -0.497 e. The highest BCUT2D eigenvalue weighted by atomic mass is 32.1. The van der Waals surface area contributed by atoms with Crippen LogP contribution in [-0.4, -0.2) is 38.2 Å². The minimum absolute atomic E-state index is 0.110. The Morgan fingerprint density at radius 2 is 2.17 bits per heavy atom. The minimum atomic E-state index is -0.432. The first-order valence-electron chi connectivity index (χ1n) is 9.48. The monoisotopic (exact) mass is 415 g/mol. The van der Waals surface area contributed by atoms with Crippen LogP contribution < -0.4 is 15.2 Å². The van der Waals surface area contributed by atoms with Crippen molar-refractivity contribution in [3.63, 3.8) is 0 Å². The second-order valence-corrected chi connectivity index (χ2v) is 7.77. The van der Waals surface area contributed by atoms with Gasteiger partial charge in [-0.15, -0.1) is 11.3 Å². The Balaban J connectivity index is 1.95. The molecule has 1 fully saturated rings. The van der Waals surface area contributed by atoms with Crippen LogP contribution in [0.4, 0.5) is 5.00 Å². The van der Waals surface area contributed by atoms with E-state index in [0.717, 1.165) is 47.8 Å². The van der Waals surface area contributed by atoms with Gasteiger partial charge in [0, 0.05) is 29.8 Å². The van der Waals surface area contributed by atoms with Gasteiger partial charge >= 0.3 is 5.97 Å². The average molecular weight is 416 g/mol. The van der Waals surface area contributed by atoms with Gasteiger partial charge in [0.25, 0.3) is 0 Å². The van der Waals surface area contributed by atoms with Crippen molar-refractivity contribution in [2.24, 2.45) is 0 Å². The number of rotatable bonds is 7. The molecular formula is C21H25N3O4S. The van der Waals surface area contributed by atoms with Crippen molar-refractivity contribution in [2.45, 2.75) is 32.4 Å². The lowest BCUT2D eigenvalue weighted by Gasteiger charge is -2.26. The summed E-state index contributed by atoms with van der Waals surface area (Å²) in [5, 5.41) is 9.94. The van der Waals surface area contributed by atoms with Gasteiger partial charge in [0.2, 0.25) is 0 Å². The number of nitrogens with two attached hydrogens (primary N) is 1. The second kappa shape index (κ2) is 9.16. The van der Waals surface area contributed by atoms with Gasteiger partial charge in [-0.3, -0.25) is 4.90 Å². The van der Waals surface area contributed by atoms with Crippen molar-refractivity contribution in [1.82, 2.24) is 4.90 Å². The normalized spacial score (nSPS) is 16.4. The molecule has 1 atom stereocenters. The number of anilines is 1. The molecule has 0 radical (unpaired) electrons. The van der Waals surface area contributed by atoms with Crippen molar-refractivity contribution in [2.75, 3.05) is 33.1 Å². The van der Waals surface area contributed by atoms with Gasteiger partial charge in [0.05, 0.1) is 26.4 Å². The van der Waals surface area contributed by atoms with E-state index in [2.05, 4.69) is 11.0 Å². The number of carbonyl (C=O) groups is 1. The number of carbonyl (C=O) groups excluding carboxylic acids is 1. The number of methoxy groups -OCH3 is 2. The lowest BCUT2D eigenvalue weighted by atomic mass is 10.0. The number of hydrogen-bond donors (Lipinski definition) is 1. The number of thiophene rings is 1. The van der Waals surface area contributed by atoms with Crippen LogP contribution in [0.25, 0.3) is 0 Å². The van der Waals surface area contributed by atoms with E-state index in [1.54, 1.807) is 21.1 Å². The third-order valence-corrected chi connectivity index (χ3v) is 6.17. The summed E-state index contributed by atoms with van der Waals surface area (Å²) in [6, 6.07) is 8.07. The van der Waals surface area contributed by atoms with Crippen molar-refractivity contribution < 1.29 is 19.0 Å². The zero-order valence-corrected chi connectivity index (χ0v) is 17.7. The zero-order chi connectivity index (χ0) is 21.0. The van der Waals surface area contributed by atoms with Crippen molar-refractivity contribution in [3.05, 3.63) is 39.8 Å². The summed E-state index contributed by atoms with van der Waals surface area (Å²) in [6.45, 7) is 3.33. The molecule has 0 aliphatic carbocycles. The molecule has 0 saturated carbocycles. The lowest BCUT2D eigenvalue weighted by Crippen LogP contribution is -2.24. The zero-order valence-electron chi connectivity index (χ0n) is 16.9. The molecular weight excluding hydrogens is 390 g/mol. The number of benzene rings is 1. The largest absolute Gasteiger partial charge is 0.497 e. The molecule has 1 aromatic heterocycles. The maximum absolute atomic E-state index is 12.4. The molecule has 2 N–H and O–H groups in total. The van der Waals surface area contributed by atoms with Gasteiger partial charge in [-0.05, 0) is 32.4 Å². The number of likely N-dealkylation sites (tertiary alicyclic amines) is 1. The van der Waals surface area contributed by atoms with Gasteiger partial charge in [0.1, 0.15) is 27.4 Å². The number of nitriles is 1. The fourth-order valence-corrected chi connectivity index (χ4v) is 4.71. The van der Waals surface area contributed by atoms with E-state index >= 15 is 0 Å². The fraction of sp³-hybridized carbons (Fsp3) is 0.429. The Morgan fingerprint density at radius 1 is 1.38 bits per heavy atom. The predicted octanol–water partition coefficient (Wildman–Crippen LogP) is 3.73. The maximum Gasteiger partial charge on any atom is 0.348 e. The summed E-state index contributed by atoms with van der Waals surface area (Å²) in [4.78, 5) is 15.1. The van der Waals surface area contributed by atoms with E-state index < -0.39 is 5.97 Å². The highest BCUT2D eigenvalue weighted by molar-refractivity contribution is 7.18. The molecule has 1 aliphatic rings. The third-order valence-electron chi connectivity index (χ3n) is 5.13. The first-order valence-corrected chi connectivity index (χ1v) is 10.3. The first-order chi connectivity index (χ1) is 14.0. The van der Waals surface area contributed by atoms with E-state index in [1.165, 1.54) is 0 Å². The van der Waals surface area contributed by atoms with Crippen LogP contribution in [0, 0.1) is 11.3 Å². The Bertz CT molecular complexity index is 935. The Labute approximate surface area is 174 Å². The summed E-state index contributed by atoms with van der Waals surface area (Å²) in [5.74, 6) is 1.06. The Kier molecular flexibility index (Phi) is 6.62. The number of nitrogen functional groups attached to an aromatic ring is 1. The van der Waals surface area contributed by atoms with Gasteiger partial charge in [0.15, 0.2) is 0 Å². The van der Waals surface area contributed by atoms with Crippen LogP contribution in [0.15, 0.2) is 18.2 Å². The van der Waals surface area contributed by atoms with Crippen LogP contribution in [-0.2, 0) is 11.3 Å². The summed E-state index contributed by atoms with van der Waals surface area (Å²) < 4.78 is 16.1. The van der Waals surface area contributed by atoms with E-state index in [0.29, 0.717) is 27.5 Å². The second-order valence-electron chi connectivity index (χ2n) is 6.72. The highest BCUT2D eigenvalue weighted by Crippen LogP contribution is 2.41. The van der Waals surface area contributed by atoms with Crippen LogP contribution in [0.3, 0.4) is 0 Å². The van der Waals surface area contributed by atoms with Gasteiger partial charge in [-0.1, -0.05) is 6.07 Å². The predicted molar refractivity (Wildman–Crippen MR) is 111 cm³/mol. The van der Waals surface area contributed by atoms with Crippen LogP contribution in [0.1, 0.15) is 52.2 Å². The number of ether oxygens (including phenoxy) is 3. The Morgan fingerprint density at radius 3 is 2.83 bits per heavy atom. The van der Waals surface area contributed by atoms with E-state index in [1.807, 2.05) is 18.2 Å². The molecule has 0 bridgehead atoms. The molecule has 2 heterocycles. The Hall–Kier alpha value is -2.76. The van der Waals surface area contributed by atoms with Crippen LogP contribution in [0.5, 0.6) is 11.5 Å². The molecule has 0 amide bonds. The molecule has 8 heteroatoms. The van der Waals surface area contributed by atoms with Crippen molar-refractivity contribution in [3.8, 4) is 17.6 Å². The summed E-state index contributed by atoms with van der Waals surface area (Å²) in [7, 11) is 3.27. The van der Waals surface area contributed by atoms with Gasteiger partial charge in [-0.25, -0.2) is 4.79 Å². The molecule has 154 valence electrons. The molecule has 0 unspecified atom stereocenters. The maximum atomic E-state index is 12.4. The molecule has 29 heavy (non-hydrogen) atoms. The first kappa shape index (κ1) is 21.0. The van der Waals surface area contributed by atoms with Crippen molar-refractivity contribution >= 4 is 22.3 Å². The average Bonchev–Trinajstić information content (AvgIpc) is 3.31. The molecule has 1 aromatic carbocycles. The topological polar surface area (TPSA) is 97.8 Å². The van der Waals surface area contributed by atoms with E-state index in [9.17, 15) is 10.1 Å². The molecule has 0 spiro atoms. The fourth-order valence-electron chi connectivity index (χ4n) is 3.78. The van der Waals surface area contributed by atoms with E-state index in [-0.39, 0.29) is 12.6 Å². The molecule has 2 aromatic rings.